The summed E-state index contributed by atoms with van der Waals surface area (Å²) in [5.74, 6) is 2.66. The third-order valence-corrected chi connectivity index (χ3v) is 4.72. The number of methoxy groups -OCH3 is 1. The first-order chi connectivity index (χ1) is 12.6. The van der Waals surface area contributed by atoms with Crippen LogP contribution in [0.1, 0.15) is 23.7 Å². The maximum absolute atomic E-state index is 5.35. The molecule has 1 aromatic heterocycles. The van der Waals surface area contributed by atoms with Gasteiger partial charge >= 0.3 is 0 Å². The number of rotatable bonds is 7. The highest BCUT2D eigenvalue weighted by Gasteiger charge is 2.19. The molecule has 0 fully saturated rings. The summed E-state index contributed by atoms with van der Waals surface area (Å²) in [7, 11) is 5.85. The molecule has 1 aromatic carbocycles. The van der Waals surface area contributed by atoms with Crippen molar-refractivity contribution in [3.63, 3.8) is 0 Å². The standard InChI is InChI=1S/C20H29N5O/c1-5-17-13-19(23-20(22-17)21-9-11-24(2)3)25-10-8-15-12-18(26-4)7-6-16(15)14-25/h6-7,12-13H,5,8-11,14H2,1-4H3,(H,21,22,23). The fourth-order valence-electron chi connectivity index (χ4n) is 3.15. The van der Waals surface area contributed by atoms with E-state index >= 15 is 0 Å². The molecule has 0 amide bonds. The third kappa shape index (κ3) is 4.43. The minimum atomic E-state index is 0.724. The predicted molar refractivity (Wildman–Crippen MR) is 106 cm³/mol. The summed E-state index contributed by atoms with van der Waals surface area (Å²) in [6, 6.07) is 8.47. The molecule has 0 bridgehead atoms. The summed E-state index contributed by atoms with van der Waals surface area (Å²) >= 11 is 0. The highest BCUT2D eigenvalue weighted by Crippen LogP contribution is 2.27. The maximum atomic E-state index is 5.35. The molecule has 0 unspecified atom stereocenters. The molecule has 6 heteroatoms. The minimum absolute atomic E-state index is 0.724. The Labute approximate surface area is 156 Å². The number of benzene rings is 1. The second-order valence-corrected chi connectivity index (χ2v) is 6.93. The van der Waals surface area contributed by atoms with Crippen molar-refractivity contribution >= 4 is 11.8 Å². The van der Waals surface area contributed by atoms with Crippen molar-refractivity contribution in [3.05, 3.63) is 41.1 Å². The van der Waals surface area contributed by atoms with Gasteiger partial charge in [0.05, 0.1) is 7.11 Å². The lowest BCUT2D eigenvalue weighted by molar-refractivity contribution is 0.413. The Morgan fingerprint density at radius 1 is 1.19 bits per heavy atom. The number of nitrogens with zero attached hydrogens (tertiary/aromatic N) is 4. The molecular weight excluding hydrogens is 326 g/mol. The number of ether oxygens (including phenoxy) is 1. The van der Waals surface area contributed by atoms with Crippen LogP contribution < -0.4 is 15.0 Å². The fraction of sp³-hybridized carbons (Fsp3) is 0.500. The van der Waals surface area contributed by atoms with E-state index in [-0.39, 0.29) is 0 Å². The van der Waals surface area contributed by atoms with E-state index in [0.29, 0.717) is 0 Å². The second-order valence-electron chi connectivity index (χ2n) is 6.93. The van der Waals surface area contributed by atoms with E-state index in [1.54, 1.807) is 7.11 Å². The highest BCUT2D eigenvalue weighted by molar-refractivity contribution is 5.49. The number of aromatic nitrogens is 2. The lowest BCUT2D eigenvalue weighted by Gasteiger charge is -2.30. The van der Waals surface area contributed by atoms with Crippen molar-refractivity contribution in [1.29, 1.82) is 0 Å². The van der Waals surface area contributed by atoms with Gasteiger partial charge in [-0.3, -0.25) is 0 Å². The minimum Gasteiger partial charge on any atom is -0.497 e. The van der Waals surface area contributed by atoms with E-state index < -0.39 is 0 Å². The zero-order valence-electron chi connectivity index (χ0n) is 16.2. The molecule has 0 spiro atoms. The number of hydrogen-bond donors (Lipinski definition) is 1. The molecular formula is C20H29N5O. The third-order valence-electron chi connectivity index (χ3n) is 4.72. The zero-order chi connectivity index (χ0) is 18.5. The summed E-state index contributed by atoms with van der Waals surface area (Å²) in [5.41, 5.74) is 3.79. The first kappa shape index (κ1) is 18.5. The average Bonchev–Trinajstić information content (AvgIpc) is 2.66. The molecule has 1 aliphatic heterocycles. The smallest absolute Gasteiger partial charge is 0.224 e. The van der Waals surface area contributed by atoms with E-state index in [1.165, 1.54) is 11.1 Å². The van der Waals surface area contributed by atoms with Crippen molar-refractivity contribution in [3.8, 4) is 5.75 Å². The first-order valence-corrected chi connectivity index (χ1v) is 9.26. The Bertz CT molecular complexity index is 747. The normalized spacial score (nSPS) is 13.7. The van der Waals surface area contributed by atoms with Crippen LogP contribution in [0.25, 0.3) is 0 Å². The van der Waals surface area contributed by atoms with E-state index in [9.17, 15) is 0 Å². The van der Waals surface area contributed by atoms with Crippen LogP contribution >= 0.6 is 0 Å². The molecule has 3 rings (SSSR count). The van der Waals surface area contributed by atoms with Gasteiger partial charge in [0.1, 0.15) is 11.6 Å². The molecule has 2 heterocycles. The van der Waals surface area contributed by atoms with Gasteiger partial charge in [0.15, 0.2) is 0 Å². The molecule has 1 N–H and O–H groups in total. The topological polar surface area (TPSA) is 53.5 Å². The quantitative estimate of drug-likeness (QED) is 0.824. The molecule has 140 valence electrons. The van der Waals surface area contributed by atoms with E-state index in [4.69, 9.17) is 9.72 Å². The van der Waals surface area contributed by atoms with E-state index in [2.05, 4.69) is 59.3 Å². The Hall–Kier alpha value is -2.34. The average molecular weight is 355 g/mol. The van der Waals surface area contributed by atoms with Crippen molar-refractivity contribution < 1.29 is 4.74 Å². The number of nitrogens with one attached hydrogen (secondary N) is 1. The molecule has 6 nitrogen and oxygen atoms in total. The maximum Gasteiger partial charge on any atom is 0.224 e. The summed E-state index contributed by atoms with van der Waals surface area (Å²) in [6.07, 6.45) is 1.90. The van der Waals surface area contributed by atoms with Crippen LogP contribution in [-0.2, 0) is 19.4 Å². The van der Waals surface area contributed by atoms with Crippen LogP contribution in [-0.4, -0.2) is 55.7 Å². The number of fused-ring (bicyclic) bond motifs is 1. The largest absolute Gasteiger partial charge is 0.497 e. The van der Waals surface area contributed by atoms with E-state index in [0.717, 1.165) is 62.2 Å². The van der Waals surface area contributed by atoms with Gasteiger partial charge in [0, 0.05) is 37.9 Å². The Balaban J connectivity index is 1.77. The predicted octanol–water partition coefficient (Wildman–Crippen LogP) is 2.58. The summed E-state index contributed by atoms with van der Waals surface area (Å²) < 4.78 is 5.35. The molecule has 2 aromatic rings. The van der Waals surface area contributed by atoms with Gasteiger partial charge in [-0.25, -0.2) is 4.98 Å². The highest BCUT2D eigenvalue weighted by atomic mass is 16.5. The monoisotopic (exact) mass is 355 g/mol. The molecule has 0 radical (unpaired) electrons. The molecule has 0 aliphatic carbocycles. The Kier molecular flexibility index (Phi) is 5.93. The lowest BCUT2D eigenvalue weighted by atomic mass is 9.99. The van der Waals surface area contributed by atoms with E-state index in [1.807, 2.05) is 6.07 Å². The van der Waals surface area contributed by atoms with Crippen molar-refractivity contribution in [2.75, 3.05) is 51.1 Å². The molecule has 1 aliphatic rings. The fourth-order valence-corrected chi connectivity index (χ4v) is 3.15. The van der Waals surface area contributed by atoms with Crippen molar-refractivity contribution in [2.24, 2.45) is 0 Å². The summed E-state index contributed by atoms with van der Waals surface area (Å²) in [5, 5.41) is 3.36. The van der Waals surface area contributed by atoms with Gasteiger partial charge in [0.2, 0.25) is 5.95 Å². The van der Waals surface area contributed by atoms with Crippen molar-refractivity contribution in [2.45, 2.75) is 26.3 Å². The van der Waals surface area contributed by atoms with Gasteiger partial charge in [-0.15, -0.1) is 0 Å². The van der Waals surface area contributed by atoms with Gasteiger partial charge in [-0.05, 0) is 50.2 Å². The van der Waals surface area contributed by atoms with Crippen LogP contribution in [0.2, 0.25) is 0 Å². The Morgan fingerprint density at radius 3 is 2.77 bits per heavy atom. The van der Waals surface area contributed by atoms with Crippen LogP contribution in [0.15, 0.2) is 24.3 Å². The van der Waals surface area contributed by atoms with Gasteiger partial charge in [-0.2, -0.15) is 4.98 Å². The zero-order valence-corrected chi connectivity index (χ0v) is 16.2. The Morgan fingerprint density at radius 2 is 2.04 bits per heavy atom. The van der Waals surface area contributed by atoms with Gasteiger partial charge < -0.3 is 19.9 Å². The molecule has 0 saturated carbocycles. The summed E-state index contributed by atoms with van der Waals surface area (Å²) in [4.78, 5) is 13.9. The number of likely N-dealkylation sites (N-methyl/N-ethyl adjacent to an activating group) is 1. The number of anilines is 2. The van der Waals surface area contributed by atoms with Crippen LogP contribution in [0.3, 0.4) is 0 Å². The van der Waals surface area contributed by atoms with Crippen LogP contribution in [0, 0.1) is 0 Å². The molecule has 0 saturated heterocycles. The van der Waals surface area contributed by atoms with Gasteiger partial charge in [-0.1, -0.05) is 13.0 Å². The SMILES string of the molecule is CCc1cc(N2CCc3cc(OC)ccc3C2)nc(NCCN(C)C)n1. The van der Waals surface area contributed by atoms with Gasteiger partial charge in [0.25, 0.3) is 0 Å². The first-order valence-electron chi connectivity index (χ1n) is 9.26. The van der Waals surface area contributed by atoms with Crippen molar-refractivity contribution in [1.82, 2.24) is 14.9 Å². The number of aryl methyl sites for hydroxylation is 1. The van der Waals surface area contributed by atoms with Crippen LogP contribution in [0.5, 0.6) is 5.75 Å². The number of hydrogen-bond acceptors (Lipinski definition) is 6. The molecule has 26 heavy (non-hydrogen) atoms. The summed E-state index contributed by atoms with van der Waals surface area (Å²) in [6.45, 7) is 5.75. The van der Waals surface area contributed by atoms with Crippen LogP contribution in [0.4, 0.5) is 11.8 Å². The second kappa shape index (κ2) is 8.36. The lowest BCUT2D eigenvalue weighted by Crippen LogP contribution is -2.31. The molecule has 0 atom stereocenters.